The Bertz CT molecular complexity index is 1610. The molecule has 1 aromatic carbocycles. The number of nitrogens with zero attached hydrogens (tertiary/aromatic N) is 7. The molecule has 0 bridgehead atoms. The highest BCUT2D eigenvalue weighted by Gasteiger charge is 2.49. The largest absolute Gasteiger partial charge is 0.451 e. The van der Waals surface area contributed by atoms with Gasteiger partial charge in [-0.25, -0.2) is 14.4 Å². The van der Waals surface area contributed by atoms with Gasteiger partial charge in [-0.2, -0.15) is 17.0 Å². The van der Waals surface area contributed by atoms with Crippen molar-refractivity contribution in [1.82, 2.24) is 33.7 Å². The van der Waals surface area contributed by atoms with Crippen LogP contribution in [0.5, 0.6) is 11.5 Å². The molecule has 0 radical (unpaired) electrons. The molecule has 50 heavy (non-hydrogen) atoms. The number of hydrogen-bond acceptors (Lipinski definition) is 9. The van der Waals surface area contributed by atoms with Gasteiger partial charge in [0.05, 0.1) is 11.8 Å². The fourth-order valence-electron chi connectivity index (χ4n) is 8.94. The molecule has 0 saturated carbocycles. The van der Waals surface area contributed by atoms with Crippen LogP contribution >= 0.6 is 12.4 Å². The molecule has 12 nitrogen and oxygen atoms in total. The van der Waals surface area contributed by atoms with E-state index in [-0.39, 0.29) is 47.1 Å². The zero-order chi connectivity index (χ0) is 34.5. The number of benzene rings is 1. The van der Waals surface area contributed by atoms with Gasteiger partial charge in [-0.1, -0.05) is 0 Å². The Morgan fingerprint density at radius 1 is 1.02 bits per heavy atom. The van der Waals surface area contributed by atoms with Crippen LogP contribution in [-0.4, -0.2) is 127 Å². The van der Waals surface area contributed by atoms with Crippen molar-refractivity contribution in [3.8, 4) is 11.5 Å². The minimum absolute atomic E-state index is 0. The summed E-state index contributed by atoms with van der Waals surface area (Å²) < 4.78 is 51.0. The third kappa shape index (κ3) is 7.34. The lowest BCUT2D eigenvalue weighted by Crippen LogP contribution is -2.62. The maximum Gasteiger partial charge on any atom is 0.281 e. The van der Waals surface area contributed by atoms with E-state index in [1.807, 2.05) is 27.7 Å². The van der Waals surface area contributed by atoms with Gasteiger partial charge in [0.25, 0.3) is 16.1 Å². The molecule has 1 aromatic heterocycles. The number of aromatic nitrogens is 2. The van der Waals surface area contributed by atoms with Crippen LogP contribution in [0.4, 0.5) is 10.2 Å². The van der Waals surface area contributed by atoms with Crippen molar-refractivity contribution in [2.45, 2.75) is 59.0 Å². The van der Waals surface area contributed by atoms with Crippen LogP contribution in [0.25, 0.3) is 0 Å². The first-order valence-corrected chi connectivity index (χ1v) is 19.4. The van der Waals surface area contributed by atoms with Crippen LogP contribution in [0, 0.1) is 29.0 Å². The predicted octanol–water partition coefficient (Wildman–Crippen LogP) is 3.71. The molecule has 6 heterocycles. The number of amides is 1. The van der Waals surface area contributed by atoms with Gasteiger partial charge < -0.3 is 24.8 Å². The minimum atomic E-state index is -3.38. The lowest BCUT2D eigenvalue weighted by atomic mass is 9.72. The smallest absolute Gasteiger partial charge is 0.281 e. The highest BCUT2D eigenvalue weighted by molar-refractivity contribution is 7.86. The molecule has 0 aliphatic carbocycles. The molecule has 2 aromatic rings. The van der Waals surface area contributed by atoms with Crippen LogP contribution in [0.1, 0.15) is 57.3 Å². The molecule has 276 valence electrons. The number of rotatable bonds is 10. The topological polar surface area (TPSA) is 114 Å². The minimum Gasteiger partial charge on any atom is -0.451 e. The molecule has 15 heteroatoms. The van der Waals surface area contributed by atoms with Gasteiger partial charge in [-0.3, -0.25) is 4.79 Å². The molecule has 7 rings (SSSR count). The van der Waals surface area contributed by atoms with E-state index in [0.29, 0.717) is 55.5 Å². The van der Waals surface area contributed by atoms with Gasteiger partial charge in [-0.05, 0) is 101 Å². The average Bonchev–Trinajstić information content (AvgIpc) is 3.79. The van der Waals surface area contributed by atoms with Crippen molar-refractivity contribution in [3.63, 3.8) is 0 Å². The second-order valence-corrected chi connectivity index (χ2v) is 17.5. The van der Waals surface area contributed by atoms with E-state index in [2.05, 4.69) is 25.1 Å². The second kappa shape index (κ2) is 14.8. The Morgan fingerprint density at radius 3 is 2.36 bits per heavy atom. The lowest BCUT2D eigenvalue weighted by molar-refractivity contribution is -0.0412. The predicted molar refractivity (Wildman–Crippen MR) is 193 cm³/mol. The zero-order valence-electron chi connectivity index (χ0n) is 29.6. The molecule has 5 aliphatic rings. The standard InChI is InChI=1S/C35H51FN8O4S.ClH/c1-24(2)44(25(3)4)34(45)30-13-29(36)5-6-31(30)48-32-16-38-23-39-33(32)41-10-7-26(18-41)17-40-21-35(22-40)8-11-42(12-9-35)49(46,47)43-19-27-14-37-15-28(27)20-43;/h5-6,13,16,23-28,37H,7-12,14-15,17-22H2,1-4H3;1H/t26-,27?,28?;/m0./s1. The summed E-state index contributed by atoms with van der Waals surface area (Å²) in [7, 11) is -3.38. The van der Waals surface area contributed by atoms with Gasteiger partial charge in [0.15, 0.2) is 11.6 Å². The molecule has 1 N–H and O–H groups in total. The second-order valence-electron chi connectivity index (χ2n) is 15.5. The van der Waals surface area contributed by atoms with Gasteiger partial charge >= 0.3 is 0 Å². The lowest BCUT2D eigenvalue weighted by Gasteiger charge is -2.54. The third-order valence-electron chi connectivity index (χ3n) is 11.4. The number of carbonyl (C=O) groups is 1. The Hall–Kier alpha value is -2.62. The van der Waals surface area contributed by atoms with Gasteiger partial charge in [0.1, 0.15) is 17.9 Å². The van der Waals surface area contributed by atoms with Crippen LogP contribution < -0.4 is 15.0 Å². The fourth-order valence-corrected chi connectivity index (χ4v) is 10.7. The highest BCUT2D eigenvalue weighted by atomic mass is 35.5. The van der Waals surface area contributed by atoms with E-state index in [9.17, 15) is 17.6 Å². The van der Waals surface area contributed by atoms with E-state index in [1.165, 1.54) is 24.5 Å². The van der Waals surface area contributed by atoms with Crippen LogP contribution in [0.3, 0.4) is 0 Å². The van der Waals surface area contributed by atoms with E-state index in [1.54, 1.807) is 19.7 Å². The molecule has 1 spiro atoms. The van der Waals surface area contributed by atoms with Crippen molar-refractivity contribution in [2.75, 3.05) is 76.9 Å². The molecular formula is C35H52ClFN8O4S. The van der Waals surface area contributed by atoms with E-state index >= 15 is 0 Å². The quantitative estimate of drug-likeness (QED) is 0.391. The molecule has 1 amide bonds. The molecule has 5 fully saturated rings. The number of halogens is 2. The maximum atomic E-state index is 14.4. The molecule has 5 saturated heterocycles. The Morgan fingerprint density at radius 2 is 1.70 bits per heavy atom. The number of carbonyl (C=O) groups excluding carboxylic acids is 1. The van der Waals surface area contributed by atoms with Crippen LogP contribution in [0.15, 0.2) is 30.7 Å². The first-order chi connectivity index (χ1) is 23.4. The summed E-state index contributed by atoms with van der Waals surface area (Å²) in [5, 5.41) is 3.39. The number of ether oxygens (including phenoxy) is 1. The first kappa shape index (κ1) is 37.1. The van der Waals surface area contributed by atoms with Gasteiger partial charge in [0, 0.05) is 71.0 Å². The Balaban J connectivity index is 0.00000432. The summed E-state index contributed by atoms with van der Waals surface area (Å²) >= 11 is 0. The van der Waals surface area contributed by atoms with Crippen LogP contribution in [-0.2, 0) is 10.2 Å². The van der Waals surface area contributed by atoms with Gasteiger partial charge in [-0.15, -0.1) is 12.4 Å². The van der Waals surface area contributed by atoms with Crippen molar-refractivity contribution in [1.29, 1.82) is 0 Å². The van der Waals surface area contributed by atoms with Crippen molar-refractivity contribution < 1.29 is 22.3 Å². The Labute approximate surface area is 302 Å². The molecule has 5 aliphatic heterocycles. The zero-order valence-corrected chi connectivity index (χ0v) is 31.3. The highest BCUT2D eigenvalue weighted by Crippen LogP contribution is 2.43. The maximum absolute atomic E-state index is 14.4. The first-order valence-electron chi connectivity index (χ1n) is 18.0. The van der Waals surface area contributed by atoms with Crippen LogP contribution in [0.2, 0.25) is 0 Å². The summed E-state index contributed by atoms with van der Waals surface area (Å²) in [4.78, 5) is 28.8. The number of anilines is 1. The van der Waals surface area contributed by atoms with Gasteiger partial charge in [0.2, 0.25) is 0 Å². The van der Waals surface area contributed by atoms with Crippen molar-refractivity contribution in [2.24, 2.45) is 23.2 Å². The summed E-state index contributed by atoms with van der Waals surface area (Å²) in [6.07, 6.45) is 5.97. The SMILES string of the molecule is CC(C)N(C(=O)c1cc(F)ccc1Oc1cncnc1N1CC[C@@H](CN2CC3(CCN(S(=O)(=O)N4CC5CNCC5C4)CC3)C2)C1)C(C)C.Cl. The monoisotopic (exact) mass is 734 g/mol. The van der Waals surface area contributed by atoms with Crippen molar-refractivity contribution in [3.05, 3.63) is 42.1 Å². The van der Waals surface area contributed by atoms with Crippen molar-refractivity contribution >= 4 is 34.3 Å². The normalized spacial score (nSPS) is 25.6. The molecular weight excluding hydrogens is 683 g/mol. The molecule has 3 atom stereocenters. The number of fused-ring (bicyclic) bond motifs is 1. The summed E-state index contributed by atoms with van der Waals surface area (Å²) in [5.74, 6) is 1.95. The number of hydrogen-bond donors (Lipinski definition) is 1. The summed E-state index contributed by atoms with van der Waals surface area (Å²) in [6.45, 7) is 16.8. The Kier molecular flexibility index (Phi) is 11.0. The number of piperidine rings is 1. The number of likely N-dealkylation sites (tertiary alicyclic amines) is 1. The fraction of sp³-hybridized carbons (Fsp3) is 0.686. The summed E-state index contributed by atoms with van der Waals surface area (Å²) in [6, 6.07) is 3.91. The summed E-state index contributed by atoms with van der Waals surface area (Å²) in [5.41, 5.74) is 0.386. The number of nitrogens with one attached hydrogen (secondary N) is 1. The molecule has 2 unspecified atom stereocenters. The van der Waals surface area contributed by atoms with E-state index in [4.69, 9.17) is 4.74 Å². The average molecular weight is 735 g/mol. The van der Waals surface area contributed by atoms with E-state index in [0.717, 1.165) is 65.1 Å². The van der Waals surface area contributed by atoms with E-state index < -0.39 is 16.0 Å². The third-order valence-corrected chi connectivity index (χ3v) is 13.4.